The average molecular weight is 958 g/mol. The van der Waals surface area contributed by atoms with Crippen molar-refractivity contribution in [1.82, 2.24) is 10.6 Å². The first kappa shape index (κ1) is 50.3. The molecule has 358 valence electrons. The third-order valence-corrected chi connectivity index (χ3v) is 15.2. The topological polar surface area (TPSA) is 162 Å². The van der Waals surface area contributed by atoms with E-state index in [1.807, 2.05) is 76.7 Å². The lowest BCUT2D eigenvalue weighted by atomic mass is 9.79. The Balaban J connectivity index is 0.859. The predicted octanol–water partition coefficient (Wildman–Crippen LogP) is 7.08. The van der Waals surface area contributed by atoms with E-state index in [0.717, 1.165) is 79.8 Å². The van der Waals surface area contributed by atoms with Crippen LogP contribution in [0, 0.1) is 0 Å². The molecule has 1 aromatic heterocycles. The minimum Gasteiger partial charge on any atom is -0.395 e. The SMILES string of the molecule is CC1(C)C/C=C(c2ccc(N(CCO)CCO)cc2)\C=C/Nc2ccc(C(=O)NCCSSCCNC(=O)c3ccc4c(c3)C(C)(C)c3cc(-c5ccc(N(CCO)CCO)cc5)cc[n+]3-4)cc21. The summed E-state index contributed by atoms with van der Waals surface area (Å²) in [6.45, 7) is 11.7. The lowest BCUT2D eigenvalue weighted by Gasteiger charge is -2.27. The van der Waals surface area contributed by atoms with Crippen LogP contribution in [0.15, 0.2) is 122 Å². The van der Waals surface area contributed by atoms with Crippen LogP contribution in [0.4, 0.5) is 17.1 Å². The Hall–Kier alpha value is -5.61. The molecule has 68 heavy (non-hydrogen) atoms. The fourth-order valence-corrected chi connectivity index (χ4v) is 10.7. The molecule has 5 aromatic rings. The van der Waals surface area contributed by atoms with Crippen LogP contribution in [0.3, 0.4) is 0 Å². The van der Waals surface area contributed by atoms with Gasteiger partial charge in [0.2, 0.25) is 5.69 Å². The maximum absolute atomic E-state index is 13.4. The highest BCUT2D eigenvalue weighted by atomic mass is 33.1. The maximum Gasteiger partial charge on any atom is 0.251 e. The number of carbonyl (C=O) groups excluding carboxylic acids is 2. The Morgan fingerprint density at radius 3 is 1.74 bits per heavy atom. The van der Waals surface area contributed by atoms with Crippen molar-refractivity contribution in [2.45, 2.75) is 44.9 Å². The molecule has 0 atom stereocenters. The van der Waals surface area contributed by atoms with Crippen LogP contribution in [-0.2, 0) is 10.8 Å². The summed E-state index contributed by atoms with van der Waals surface area (Å²) in [4.78, 5) is 30.6. The van der Waals surface area contributed by atoms with Crippen LogP contribution in [0.2, 0.25) is 0 Å². The number of aromatic nitrogens is 1. The number of pyridine rings is 1. The van der Waals surface area contributed by atoms with Gasteiger partial charge in [0.25, 0.3) is 11.8 Å². The van der Waals surface area contributed by atoms with Crippen molar-refractivity contribution in [2.24, 2.45) is 0 Å². The molecule has 3 heterocycles. The molecule has 7 N–H and O–H groups in total. The number of rotatable bonds is 21. The fraction of sp³-hybridized carbons (Fsp3) is 0.352. The number of aliphatic hydroxyl groups excluding tert-OH is 4. The van der Waals surface area contributed by atoms with Gasteiger partial charge in [-0.2, -0.15) is 4.57 Å². The number of allylic oxidation sites excluding steroid dienone is 3. The van der Waals surface area contributed by atoms with E-state index in [0.29, 0.717) is 50.4 Å². The van der Waals surface area contributed by atoms with E-state index in [-0.39, 0.29) is 49.1 Å². The quantitative estimate of drug-likeness (QED) is 0.0229. The molecule has 0 radical (unpaired) electrons. The summed E-state index contributed by atoms with van der Waals surface area (Å²) >= 11 is 0. The van der Waals surface area contributed by atoms with Gasteiger partial charge in [-0.1, -0.05) is 65.8 Å². The minimum atomic E-state index is -0.336. The summed E-state index contributed by atoms with van der Waals surface area (Å²) in [5.74, 6) is 1.23. The van der Waals surface area contributed by atoms with Gasteiger partial charge in [0.15, 0.2) is 11.9 Å². The van der Waals surface area contributed by atoms with Gasteiger partial charge in [0.1, 0.15) is 0 Å². The molecule has 14 heteroatoms. The van der Waals surface area contributed by atoms with E-state index in [1.54, 1.807) is 21.6 Å². The van der Waals surface area contributed by atoms with E-state index >= 15 is 0 Å². The van der Waals surface area contributed by atoms with Gasteiger partial charge in [0, 0.05) is 109 Å². The Labute approximate surface area is 408 Å². The van der Waals surface area contributed by atoms with Crippen LogP contribution in [-0.4, -0.2) is 109 Å². The average Bonchev–Trinajstić information content (AvgIpc) is 3.60. The summed E-state index contributed by atoms with van der Waals surface area (Å²) in [5, 5.41) is 47.4. The molecular formula is C54H65N6O6S2+. The standard InChI is InChI=1S/C54H64N6O6S2/c1-53(2)20-17-40(38-5-11-44(12-6-38)58(25-29-61)26-30-62)18-21-55-48-15-9-42(35-46(48)53)51(65)56-22-33-67-68-34-23-57-52(66)43-10-16-49-47(36-43)54(3,4)50-37-41(19-24-60(49)50)39-7-13-45(14-8-39)59(27-31-63)28-32-64/h5-19,21,24,35-37,61-64H,20,22-23,25-34H2,1-4H3,(H2-,55,56,57,65,66)/p+1/b21-18-,40-17+. The lowest BCUT2D eigenvalue weighted by molar-refractivity contribution is -0.599. The lowest BCUT2D eigenvalue weighted by Crippen LogP contribution is -2.34. The maximum atomic E-state index is 13.4. The van der Waals surface area contributed by atoms with Gasteiger partial charge in [-0.15, -0.1) is 0 Å². The van der Waals surface area contributed by atoms with Gasteiger partial charge in [-0.05, 0) is 114 Å². The Bertz CT molecular complexity index is 2590. The predicted molar refractivity (Wildman–Crippen MR) is 279 cm³/mol. The second-order valence-corrected chi connectivity index (χ2v) is 20.8. The first-order valence-corrected chi connectivity index (χ1v) is 25.8. The second-order valence-electron chi connectivity index (χ2n) is 18.1. The van der Waals surface area contributed by atoms with E-state index < -0.39 is 0 Å². The third kappa shape index (κ3) is 11.8. The number of hydrogen-bond donors (Lipinski definition) is 7. The Morgan fingerprint density at radius 2 is 1.18 bits per heavy atom. The van der Waals surface area contributed by atoms with E-state index in [4.69, 9.17) is 0 Å². The molecule has 0 spiro atoms. The molecule has 2 aliphatic rings. The zero-order chi connectivity index (χ0) is 48.3. The minimum absolute atomic E-state index is 0.0145. The molecule has 2 aliphatic heterocycles. The summed E-state index contributed by atoms with van der Waals surface area (Å²) in [6, 6.07) is 32.4. The normalized spacial score (nSPS) is 15.5. The third-order valence-electron chi connectivity index (χ3n) is 12.8. The van der Waals surface area contributed by atoms with Crippen LogP contribution < -0.4 is 30.3 Å². The molecular weight excluding hydrogens is 893 g/mol. The highest BCUT2D eigenvalue weighted by Gasteiger charge is 2.44. The van der Waals surface area contributed by atoms with Crippen molar-refractivity contribution in [2.75, 3.05) is 92.3 Å². The second kappa shape index (κ2) is 23.1. The first-order valence-electron chi connectivity index (χ1n) is 23.3. The van der Waals surface area contributed by atoms with Crippen molar-refractivity contribution in [3.05, 3.63) is 155 Å². The summed E-state index contributed by atoms with van der Waals surface area (Å²) < 4.78 is 2.20. The molecule has 2 amide bonds. The van der Waals surface area contributed by atoms with Crippen LogP contribution >= 0.6 is 21.6 Å². The van der Waals surface area contributed by atoms with E-state index in [2.05, 4.69) is 103 Å². The Morgan fingerprint density at radius 1 is 0.647 bits per heavy atom. The van der Waals surface area contributed by atoms with Crippen molar-refractivity contribution in [3.8, 4) is 16.8 Å². The van der Waals surface area contributed by atoms with Crippen LogP contribution in [0.1, 0.15) is 77.2 Å². The number of hydrogen-bond acceptors (Lipinski definition) is 11. The van der Waals surface area contributed by atoms with Gasteiger partial charge in [-0.25, -0.2) is 0 Å². The number of fused-ring (bicyclic) bond motifs is 4. The zero-order valence-corrected chi connectivity index (χ0v) is 41.1. The number of aliphatic hydroxyl groups is 4. The molecule has 7 rings (SSSR count). The smallest absolute Gasteiger partial charge is 0.251 e. The van der Waals surface area contributed by atoms with Gasteiger partial charge >= 0.3 is 0 Å². The first-order chi connectivity index (χ1) is 32.9. The largest absolute Gasteiger partial charge is 0.395 e. The fourth-order valence-electron chi connectivity index (χ4n) is 8.93. The molecule has 0 unspecified atom stereocenters. The molecule has 12 nitrogen and oxygen atoms in total. The number of carbonyl (C=O) groups is 2. The van der Waals surface area contributed by atoms with Crippen molar-refractivity contribution >= 4 is 56.0 Å². The zero-order valence-electron chi connectivity index (χ0n) is 39.5. The van der Waals surface area contributed by atoms with Crippen molar-refractivity contribution in [1.29, 1.82) is 0 Å². The van der Waals surface area contributed by atoms with Crippen LogP contribution in [0.5, 0.6) is 0 Å². The summed E-state index contributed by atoms with van der Waals surface area (Å²) in [6.07, 6.45) is 9.08. The Kier molecular flexibility index (Phi) is 17.1. The van der Waals surface area contributed by atoms with E-state index in [1.165, 1.54) is 0 Å². The summed E-state index contributed by atoms with van der Waals surface area (Å²) in [7, 11) is 3.34. The number of nitrogens with one attached hydrogen (secondary N) is 3. The highest BCUT2D eigenvalue weighted by molar-refractivity contribution is 8.76. The summed E-state index contributed by atoms with van der Waals surface area (Å²) in [5.41, 5.74) is 12.1. The number of nitrogens with zero attached hydrogens (tertiary/aromatic N) is 3. The van der Waals surface area contributed by atoms with Gasteiger partial charge < -0.3 is 46.2 Å². The van der Waals surface area contributed by atoms with E-state index in [9.17, 15) is 30.0 Å². The van der Waals surface area contributed by atoms with Crippen molar-refractivity contribution in [3.63, 3.8) is 0 Å². The number of anilines is 3. The van der Waals surface area contributed by atoms with Gasteiger partial charge in [-0.3, -0.25) is 9.59 Å². The molecule has 0 fully saturated rings. The highest BCUT2D eigenvalue weighted by Crippen LogP contribution is 2.40. The molecule has 0 saturated heterocycles. The number of amides is 2. The van der Waals surface area contributed by atoms with Crippen LogP contribution in [0.25, 0.3) is 22.4 Å². The number of benzene rings is 4. The molecule has 4 aromatic carbocycles. The van der Waals surface area contributed by atoms with Crippen molar-refractivity contribution < 1.29 is 34.6 Å². The molecule has 0 bridgehead atoms. The molecule has 0 aliphatic carbocycles. The monoisotopic (exact) mass is 957 g/mol. The van der Waals surface area contributed by atoms with Gasteiger partial charge in [0.05, 0.1) is 31.8 Å². The molecule has 0 saturated carbocycles.